The van der Waals surface area contributed by atoms with Gasteiger partial charge in [-0.3, -0.25) is 0 Å². The van der Waals surface area contributed by atoms with E-state index in [1.165, 1.54) is 167 Å². The second-order valence-electron chi connectivity index (χ2n) is 16.4. The van der Waals surface area contributed by atoms with Crippen LogP contribution in [0.3, 0.4) is 0 Å². The van der Waals surface area contributed by atoms with Gasteiger partial charge in [0.25, 0.3) is 0 Å². The molecule has 0 bridgehead atoms. The molecular formula is C44H82. The van der Waals surface area contributed by atoms with Gasteiger partial charge in [-0.15, -0.1) is 0 Å². The van der Waals surface area contributed by atoms with Crippen molar-refractivity contribution in [1.29, 1.82) is 0 Å². The summed E-state index contributed by atoms with van der Waals surface area (Å²) in [6.07, 6.45) is 45.0. The van der Waals surface area contributed by atoms with Gasteiger partial charge < -0.3 is 0 Å². The largest absolute Gasteiger partial charge is 0.0882 e. The molecule has 2 aliphatic carbocycles. The van der Waals surface area contributed by atoms with Crippen molar-refractivity contribution >= 4 is 0 Å². The molecule has 0 spiro atoms. The molecule has 0 saturated heterocycles. The smallest absolute Gasteiger partial charge is 0.0269 e. The highest BCUT2D eigenvalue weighted by atomic mass is 14.4. The minimum atomic E-state index is 0.508. The molecule has 0 aliphatic heterocycles. The molecule has 0 aromatic heterocycles. The maximum absolute atomic E-state index is 2.59. The van der Waals surface area contributed by atoms with E-state index in [-0.39, 0.29) is 0 Å². The van der Waals surface area contributed by atoms with Crippen LogP contribution in [0.4, 0.5) is 0 Å². The van der Waals surface area contributed by atoms with Crippen LogP contribution in [0.15, 0.2) is 23.8 Å². The standard InChI is InChI=1S/C44H82/c1-8-42(9-2)44(7,11-4)43(10-3)31-24-23-30-41-36-40(41)29-22-20-18-16-14-12-13-15-17-19-21-28-39-34-32-37(5)26-25-27-38(6)33-35-39/h23-24,32,38-43H,8-22,25-31,33-36H2,1-7H3. The van der Waals surface area contributed by atoms with E-state index >= 15 is 0 Å². The molecule has 0 nitrogen and oxygen atoms in total. The number of allylic oxidation sites excluding steroid dienone is 4. The maximum atomic E-state index is 2.59. The van der Waals surface area contributed by atoms with Gasteiger partial charge in [0, 0.05) is 0 Å². The van der Waals surface area contributed by atoms with Gasteiger partial charge in [0.2, 0.25) is 0 Å². The van der Waals surface area contributed by atoms with Gasteiger partial charge in [0.1, 0.15) is 0 Å². The van der Waals surface area contributed by atoms with E-state index < -0.39 is 0 Å². The third kappa shape index (κ3) is 15.9. The van der Waals surface area contributed by atoms with Crippen LogP contribution >= 0.6 is 0 Å². The molecule has 0 heteroatoms. The van der Waals surface area contributed by atoms with E-state index in [1.807, 2.05) is 0 Å². The molecule has 0 aromatic rings. The number of unbranched alkanes of at least 4 members (excludes halogenated alkanes) is 10. The minimum Gasteiger partial charge on any atom is -0.0882 e. The quantitative estimate of drug-likeness (QED) is 0.0753. The van der Waals surface area contributed by atoms with Crippen molar-refractivity contribution in [3.63, 3.8) is 0 Å². The van der Waals surface area contributed by atoms with Crippen molar-refractivity contribution in [1.82, 2.24) is 0 Å². The Morgan fingerprint density at radius 3 is 1.91 bits per heavy atom. The zero-order chi connectivity index (χ0) is 32.0. The summed E-state index contributed by atoms with van der Waals surface area (Å²) in [6, 6.07) is 0. The lowest BCUT2D eigenvalue weighted by Crippen LogP contribution is -2.34. The summed E-state index contributed by atoms with van der Waals surface area (Å²) >= 11 is 0. The van der Waals surface area contributed by atoms with Crippen LogP contribution in [-0.2, 0) is 0 Å². The van der Waals surface area contributed by atoms with Gasteiger partial charge in [-0.25, -0.2) is 0 Å². The Labute approximate surface area is 279 Å². The summed E-state index contributed by atoms with van der Waals surface area (Å²) < 4.78 is 0. The first-order valence-electron chi connectivity index (χ1n) is 20.7. The fraction of sp³-hybridized carbons (Fsp3) is 0.909. The van der Waals surface area contributed by atoms with E-state index in [1.54, 1.807) is 5.57 Å². The van der Waals surface area contributed by atoms with Gasteiger partial charge in [-0.2, -0.15) is 0 Å². The average Bonchev–Trinajstić information content (AvgIpc) is 3.78. The van der Waals surface area contributed by atoms with Gasteiger partial charge >= 0.3 is 0 Å². The van der Waals surface area contributed by atoms with Crippen LogP contribution in [0.2, 0.25) is 0 Å². The van der Waals surface area contributed by atoms with Gasteiger partial charge in [-0.05, 0) is 92.8 Å². The Kier molecular flexibility index (Phi) is 21.4. The number of rotatable bonds is 24. The molecule has 0 amide bonds. The van der Waals surface area contributed by atoms with Crippen LogP contribution in [0.5, 0.6) is 0 Å². The maximum Gasteiger partial charge on any atom is -0.0269 e. The molecule has 2 aliphatic rings. The molecule has 6 unspecified atom stereocenters. The van der Waals surface area contributed by atoms with Crippen LogP contribution in [-0.4, -0.2) is 0 Å². The van der Waals surface area contributed by atoms with Crippen molar-refractivity contribution in [2.75, 3.05) is 0 Å². The molecule has 0 radical (unpaired) electrons. The van der Waals surface area contributed by atoms with Gasteiger partial charge in [0.05, 0.1) is 0 Å². The third-order valence-electron chi connectivity index (χ3n) is 13.0. The summed E-state index contributed by atoms with van der Waals surface area (Å²) in [7, 11) is 0. The van der Waals surface area contributed by atoms with Crippen LogP contribution in [0, 0.1) is 40.9 Å². The predicted molar refractivity (Wildman–Crippen MR) is 200 cm³/mol. The summed E-state index contributed by atoms with van der Waals surface area (Å²) in [5.74, 6) is 5.68. The first kappa shape index (κ1) is 39.7. The van der Waals surface area contributed by atoms with E-state index in [4.69, 9.17) is 0 Å². The van der Waals surface area contributed by atoms with Crippen LogP contribution in [0.1, 0.15) is 215 Å². The lowest BCUT2D eigenvalue weighted by atomic mass is 9.62. The highest BCUT2D eigenvalue weighted by molar-refractivity contribution is 4.99. The highest BCUT2D eigenvalue weighted by Gasteiger charge is 2.37. The van der Waals surface area contributed by atoms with E-state index in [0.717, 1.165) is 35.5 Å². The SMILES string of the molecule is CCC(CC)C(C)(CC)C(CC)CC=CCC1CC1CCCCCCCCCCCCCC1CC=C(C)CCCC(C)CC1. The molecular weight excluding hydrogens is 528 g/mol. The zero-order valence-corrected chi connectivity index (χ0v) is 31.6. The molecule has 1 fully saturated rings. The summed E-state index contributed by atoms with van der Waals surface area (Å²) in [4.78, 5) is 0. The average molecular weight is 611 g/mol. The Balaban J connectivity index is 1.41. The lowest BCUT2D eigenvalue weighted by molar-refractivity contribution is 0.0761. The number of hydrogen-bond donors (Lipinski definition) is 0. The summed E-state index contributed by atoms with van der Waals surface area (Å²) in [5.41, 5.74) is 2.16. The third-order valence-corrected chi connectivity index (χ3v) is 13.0. The predicted octanol–water partition coefficient (Wildman–Crippen LogP) is 15.5. The molecule has 0 aromatic carbocycles. The molecule has 2 rings (SSSR count). The molecule has 258 valence electrons. The Bertz CT molecular complexity index is 739. The lowest BCUT2D eigenvalue weighted by Gasteiger charge is -2.43. The fourth-order valence-electron chi connectivity index (χ4n) is 9.19. The number of hydrogen-bond acceptors (Lipinski definition) is 0. The highest BCUT2D eigenvalue weighted by Crippen LogP contribution is 2.47. The topological polar surface area (TPSA) is 0 Å². The molecule has 0 heterocycles. The monoisotopic (exact) mass is 611 g/mol. The first-order chi connectivity index (χ1) is 21.4. The van der Waals surface area contributed by atoms with E-state index in [2.05, 4.69) is 66.7 Å². The van der Waals surface area contributed by atoms with Crippen molar-refractivity contribution in [3.8, 4) is 0 Å². The Morgan fingerprint density at radius 2 is 1.32 bits per heavy atom. The van der Waals surface area contributed by atoms with Crippen molar-refractivity contribution in [3.05, 3.63) is 23.8 Å². The van der Waals surface area contributed by atoms with Gasteiger partial charge in [-0.1, -0.05) is 187 Å². The van der Waals surface area contributed by atoms with Crippen LogP contribution < -0.4 is 0 Å². The fourth-order valence-corrected chi connectivity index (χ4v) is 9.19. The molecule has 0 N–H and O–H groups in total. The zero-order valence-electron chi connectivity index (χ0n) is 31.6. The Hall–Kier alpha value is -0.520. The second-order valence-corrected chi connectivity index (χ2v) is 16.4. The van der Waals surface area contributed by atoms with Crippen molar-refractivity contribution in [2.24, 2.45) is 40.9 Å². The Morgan fingerprint density at radius 1 is 0.727 bits per heavy atom. The summed E-state index contributed by atoms with van der Waals surface area (Å²) in [6.45, 7) is 17.1. The minimum absolute atomic E-state index is 0.508. The van der Waals surface area contributed by atoms with Gasteiger partial charge in [0.15, 0.2) is 0 Å². The molecule has 44 heavy (non-hydrogen) atoms. The molecule has 6 atom stereocenters. The van der Waals surface area contributed by atoms with E-state index in [9.17, 15) is 0 Å². The van der Waals surface area contributed by atoms with Crippen LogP contribution in [0.25, 0.3) is 0 Å². The van der Waals surface area contributed by atoms with Crippen molar-refractivity contribution in [2.45, 2.75) is 215 Å². The molecule has 1 saturated carbocycles. The van der Waals surface area contributed by atoms with Crippen molar-refractivity contribution < 1.29 is 0 Å². The normalized spacial score (nSPS) is 25.2. The van der Waals surface area contributed by atoms with E-state index in [0.29, 0.717) is 5.41 Å². The first-order valence-corrected chi connectivity index (χ1v) is 20.7. The summed E-state index contributed by atoms with van der Waals surface area (Å²) in [5, 5.41) is 0. The second kappa shape index (κ2) is 23.7.